The van der Waals surface area contributed by atoms with Crippen molar-refractivity contribution in [1.29, 1.82) is 0 Å². The number of hydrogen-bond acceptors (Lipinski definition) is 4. The highest BCUT2D eigenvalue weighted by atomic mass is 35.5. The molecule has 5 heteroatoms. The van der Waals surface area contributed by atoms with Crippen molar-refractivity contribution in [3.63, 3.8) is 0 Å². The van der Waals surface area contributed by atoms with E-state index in [2.05, 4.69) is 5.32 Å². The van der Waals surface area contributed by atoms with E-state index in [1.807, 2.05) is 0 Å². The van der Waals surface area contributed by atoms with Gasteiger partial charge in [0.05, 0.1) is 5.02 Å². The predicted octanol–water partition coefficient (Wildman–Crippen LogP) is 2.36. The van der Waals surface area contributed by atoms with Crippen LogP contribution < -0.4 is 14.8 Å². The predicted molar refractivity (Wildman–Crippen MR) is 73.4 cm³/mol. The highest BCUT2D eigenvalue weighted by Gasteiger charge is 2.25. The van der Waals surface area contributed by atoms with Crippen molar-refractivity contribution in [2.45, 2.75) is 19.3 Å². The lowest BCUT2D eigenvalue weighted by atomic mass is 9.91. The summed E-state index contributed by atoms with van der Waals surface area (Å²) in [5, 5.41) is 13.9. The molecule has 0 radical (unpaired) electrons. The van der Waals surface area contributed by atoms with Crippen LogP contribution in [0, 0.1) is 5.92 Å². The van der Waals surface area contributed by atoms with Crippen LogP contribution in [0.3, 0.4) is 0 Å². The lowest BCUT2D eigenvalue weighted by Crippen LogP contribution is -2.31. The van der Waals surface area contributed by atoms with Crippen LogP contribution in [0.4, 0.5) is 0 Å². The summed E-state index contributed by atoms with van der Waals surface area (Å²) in [6.07, 6.45) is 3.10. The van der Waals surface area contributed by atoms with Crippen LogP contribution in [0.5, 0.6) is 17.2 Å². The summed E-state index contributed by atoms with van der Waals surface area (Å²) >= 11 is 6.07. The highest BCUT2D eigenvalue weighted by molar-refractivity contribution is 6.32. The van der Waals surface area contributed by atoms with Crippen LogP contribution >= 0.6 is 11.6 Å². The van der Waals surface area contributed by atoms with Crippen LogP contribution in [0.25, 0.3) is 0 Å². The molecule has 0 spiro atoms. The van der Waals surface area contributed by atoms with Crippen LogP contribution in [-0.4, -0.2) is 31.4 Å². The molecular formula is C14H18ClNO3. The van der Waals surface area contributed by atoms with Gasteiger partial charge in [0.2, 0.25) is 0 Å². The maximum absolute atomic E-state index is 10.2. The number of nitrogens with one attached hydrogen (secondary N) is 1. The van der Waals surface area contributed by atoms with E-state index in [1.165, 1.54) is 6.42 Å². The van der Waals surface area contributed by atoms with Gasteiger partial charge in [-0.05, 0) is 38.3 Å². The number of piperidine rings is 1. The Labute approximate surface area is 117 Å². The average molecular weight is 284 g/mol. The molecule has 1 aromatic rings. The zero-order valence-electron chi connectivity index (χ0n) is 10.7. The second kappa shape index (κ2) is 5.47. The first-order valence-corrected chi connectivity index (χ1v) is 7.14. The molecule has 1 fully saturated rings. The lowest BCUT2D eigenvalue weighted by molar-refractivity contribution is 0.168. The van der Waals surface area contributed by atoms with E-state index < -0.39 is 0 Å². The number of aromatic hydroxyl groups is 1. The zero-order chi connectivity index (χ0) is 13.2. The topological polar surface area (TPSA) is 50.7 Å². The molecule has 1 unspecified atom stereocenters. The van der Waals surface area contributed by atoms with E-state index >= 15 is 0 Å². The molecule has 0 aromatic heterocycles. The SMILES string of the molecule is Oc1c(Cl)cc2c(c1CC1CCCNC1)OCCO2. The molecule has 3 rings (SSSR count). The number of hydrogen-bond donors (Lipinski definition) is 2. The van der Waals surface area contributed by atoms with E-state index in [0.29, 0.717) is 35.7 Å². The van der Waals surface area contributed by atoms with Crippen molar-refractivity contribution >= 4 is 11.6 Å². The van der Waals surface area contributed by atoms with Gasteiger partial charge in [0.15, 0.2) is 11.5 Å². The number of ether oxygens (including phenoxy) is 2. The Morgan fingerprint density at radius 1 is 1.37 bits per heavy atom. The first kappa shape index (κ1) is 12.9. The van der Waals surface area contributed by atoms with Gasteiger partial charge >= 0.3 is 0 Å². The molecule has 0 amide bonds. The summed E-state index contributed by atoms with van der Waals surface area (Å²) in [4.78, 5) is 0. The number of phenols is 1. The Hall–Kier alpha value is -1.13. The minimum atomic E-state index is 0.136. The first-order valence-electron chi connectivity index (χ1n) is 6.76. The molecule has 0 saturated carbocycles. The Morgan fingerprint density at radius 2 is 2.21 bits per heavy atom. The molecule has 2 heterocycles. The Bertz CT molecular complexity index is 472. The van der Waals surface area contributed by atoms with E-state index in [-0.39, 0.29) is 5.75 Å². The second-order valence-corrected chi connectivity index (χ2v) is 5.53. The second-order valence-electron chi connectivity index (χ2n) is 5.13. The molecule has 2 aliphatic rings. The third kappa shape index (κ3) is 2.60. The largest absolute Gasteiger partial charge is 0.506 e. The van der Waals surface area contributed by atoms with Crippen molar-refractivity contribution in [2.75, 3.05) is 26.3 Å². The minimum absolute atomic E-state index is 0.136. The van der Waals surface area contributed by atoms with Crippen LogP contribution in [0.2, 0.25) is 5.02 Å². The molecule has 104 valence electrons. The van der Waals surface area contributed by atoms with E-state index in [9.17, 15) is 5.11 Å². The quantitative estimate of drug-likeness (QED) is 0.875. The van der Waals surface area contributed by atoms with Gasteiger partial charge in [-0.25, -0.2) is 0 Å². The summed E-state index contributed by atoms with van der Waals surface area (Å²) in [5.41, 5.74) is 0.788. The van der Waals surface area contributed by atoms with Crippen LogP contribution in [0.1, 0.15) is 18.4 Å². The molecular weight excluding hydrogens is 266 g/mol. The van der Waals surface area contributed by atoms with Gasteiger partial charge in [-0.3, -0.25) is 0 Å². The van der Waals surface area contributed by atoms with Gasteiger partial charge in [-0.1, -0.05) is 11.6 Å². The number of benzene rings is 1. The Balaban J connectivity index is 1.91. The maximum atomic E-state index is 10.2. The number of rotatable bonds is 2. The third-order valence-electron chi connectivity index (χ3n) is 3.75. The molecule has 1 aromatic carbocycles. The molecule has 1 atom stereocenters. The minimum Gasteiger partial charge on any atom is -0.506 e. The number of phenolic OH excluding ortho intramolecular Hbond substituents is 1. The fourth-order valence-corrected chi connectivity index (χ4v) is 3.00. The number of fused-ring (bicyclic) bond motifs is 1. The summed E-state index contributed by atoms with van der Waals surface area (Å²) in [6, 6.07) is 1.63. The molecule has 4 nitrogen and oxygen atoms in total. The number of halogens is 1. The van der Waals surface area contributed by atoms with Crippen molar-refractivity contribution in [3.05, 3.63) is 16.7 Å². The fraction of sp³-hybridized carbons (Fsp3) is 0.571. The van der Waals surface area contributed by atoms with Gasteiger partial charge in [0.25, 0.3) is 0 Å². The van der Waals surface area contributed by atoms with Crippen LogP contribution in [-0.2, 0) is 6.42 Å². The summed E-state index contributed by atoms with van der Waals surface area (Å²) < 4.78 is 11.2. The normalized spacial score (nSPS) is 22.3. The molecule has 2 N–H and O–H groups in total. The lowest BCUT2D eigenvalue weighted by Gasteiger charge is -2.26. The zero-order valence-corrected chi connectivity index (χ0v) is 11.5. The van der Waals surface area contributed by atoms with E-state index in [1.54, 1.807) is 6.07 Å². The van der Waals surface area contributed by atoms with Gasteiger partial charge in [-0.2, -0.15) is 0 Å². The summed E-state index contributed by atoms with van der Waals surface area (Å²) in [5.74, 6) is 1.95. The van der Waals surface area contributed by atoms with Crippen molar-refractivity contribution in [1.82, 2.24) is 5.32 Å². The fourth-order valence-electron chi connectivity index (χ4n) is 2.79. The third-order valence-corrected chi connectivity index (χ3v) is 4.03. The molecule has 19 heavy (non-hydrogen) atoms. The monoisotopic (exact) mass is 283 g/mol. The van der Waals surface area contributed by atoms with Gasteiger partial charge < -0.3 is 19.9 Å². The van der Waals surface area contributed by atoms with Gasteiger partial charge in [-0.15, -0.1) is 0 Å². The van der Waals surface area contributed by atoms with E-state index in [0.717, 1.165) is 31.5 Å². The van der Waals surface area contributed by atoms with Crippen molar-refractivity contribution in [2.24, 2.45) is 5.92 Å². The highest BCUT2D eigenvalue weighted by Crippen LogP contribution is 2.44. The van der Waals surface area contributed by atoms with Crippen molar-refractivity contribution in [3.8, 4) is 17.2 Å². The Kier molecular flexibility index (Phi) is 3.71. The summed E-state index contributed by atoms with van der Waals surface area (Å²) in [7, 11) is 0. The van der Waals surface area contributed by atoms with Gasteiger partial charge in [0.1, 0.15) is 19.0 Å². The van der Waals surface area contributed by atoms with Crippen molar-refractivity contribution < 1.29 is 14.6 Å². The van der Waals surface area contributed by atoms with E-state index in [4.69, 9.17) is 21.1 Å². The van der Waals surface area contributed by atoms with Crippen LogP contribution in [0.15, 0.2) is 6.07 Å². The first-order chi connectivity index (χ1) is 9.25. The smallest absolute Gasteiger partial charge is 0.168 e. The molecule has 2 aliphatic heterocycles. The maximum Gasteiger partial charge on any atom is 0.168 e. The Morgan fingerprint density at radius 3 is 3.00 bits per heavy atom. The molecule has 0 bridgehead atoms. The molecule has 0 aliphatic carbocycles. The molecule has 1 saturated heterocycles. The van der Waals surface area contributed by atoms with Gasteiger partial charge in [0, 0.05) is 11.6 Å². The standard InChI is InChI=1S/C14H18ClNO3/c15-11-7-12-14(19-5-4-18-12)10(13(11)17)6-9-2-1-3-16-8-9/h7,9,16-17H,1-6,8H2. The summed E-state index contributed by atoms with van der Waals surface area (Å²) in [6.45, 7) is 3.10. The average Bonchev–Trinajstić information content (AvgIpc) is 2.45.